The summed E-state index contributed by atoms with van der Waals surface area (Å²) in [5, 5.41) is 3.05. The van der Waals surface area contributed by atoms with Crippen molar-refractivity contribution in [3.8, 4) is 0 Å². The van der Waals surface area contributed by atoms with Crippen molar-refractivity contribution in [1.82, 2.24) is 5.32 Å². The maximum Gasteiger partial charge on any atom is 0.130 e. The summed E-state index contributed by atoms with van der Waals surface area (Å²) in [5.74, 6) is -1.09. The van der Waals surface area contributed by atoms with Crippen molar-refractivity contribution in [2.45, 2.75) is 13.0 Å². The van der Waals surface area contributed by atoms with Crippen molar-refractivity contribution in [3.63, 3.8) is 0 Å². The van der Waals surface area contributed by atoms with Crippen molar-refractivity contribution in [1.29, 1.82) is 0 Å². The molecule has 1 unspecified atom stereocenters. The smallest absolute Gasteiger partial charge is 0.130 e. The van der Waals surface area contributed by atoms with Crippen LogP contribution in [0.25, 0.3) is 0 Å². The van der Waals surface area contributed by atoms with E-state index in [1.54, 1.807) is 0 Å². The molecule has 1 aromatic carbocycles. The molecule has 0 saturated carbocycles. The quantitative estimate of drug-likeness (QED) is 0.887. The van der Waals surface area contributed by atoms with Crippen LogP contribution in [0.2, 0.25) is 0 Å². The van der Waals surface area contributed by atoms with E-state index in [0.29, 0.717) is 12.1 Å². The molecule has 0 radical (unpaired) electrons. The van der Waals surface area contributed by atoms with E-state index in [1.807, 2.05) is 6.92 Å². The minimum Gasteiger partial charge on any atom is -0.306 e. The van der Waals surface area contributed by atoms with E-state index in [1.165, 1.54) is 12.1 Å². The fourth-order valence-corrected chi connectivity index (χ4v) is 1.39. The third-order valence-corrected chi connectivity index (χ3v) is 2.31. The van der Waals surface area contributed by atoms with Gasteiger partial charge in [-0.1, -0.05) is 28.6 Å². The predicted molar refractivity (Wildman–Crippen MR) is 60.8 cm³/mol. The molecular weight excluding hydrogens is 264 g/mol. The molecule has 0 aliphatic carbocycles. The highest BCUT2D eigenvalue weighted by molar-refractivity contribution is 9.11. The number of halogens is 3. The summed E-state index contributed by atoms with van der Waals surface area (Å²) in [6, 6.07) is 3.40. The van der Waals surface area contributed by atoms with E-state index in [9.17, 15) is 8.78 Å². The van der Waals surface area contributed by atoms with Gasteiger partial charge >= 0.3 is 0 Å². The van der Waals surface area contributed by atoms with Crippen LogP contribution in [-0.4, -0.2) is 6.54 Å². The second-order valence-corrected chi connectivity index (χ2v) is 4.41. The standard InChI is InChI=1S/C11H12BrF2N/c1-7(12)6-15-8(2)10-4-3-9(13)5-11(10)14/h3-5,8,15H,1,6H2,2H3. The average molecular weight is 276 g/mol. The fraction of sp³-hybridized carbons (Fsp3) is 0.273. The largest absolute Gasteiger partial charge is 0.306 e. The molecule has 0 aliphatic rings. The van der Waals surface area contributed by atoms with Gasteiger partial charge in [0.2, 0.25) is 0 Å². The molecule has 1 N–H and O–H groups in total. The Balaban J connectivity index is 2.73. The van der Waals surface area contributed by atoms with E-state index >= 15 is 0 Å². The molecule has 0 aliphatic heterocycles. The minimum absolute atomic E-state index is 0.181. The third kappa shape index (κ3) is 3.72. The van der Waals surface area contributed by atoms with Crippen molar-refractivity contribution in [2.75, 3.05) is 6.54 Å². The van der Waals surface area contributed by atoms with Gasteiger partial charge in [-0.05, 0) is 13.0 Å². The first-order valence-electron chi connectivity index (χ1n) is 4.52. The summed E-state index contributed by atoms with van der Waals surface area (Å²) in [6.07, 6.45) is 0. The van der Waals surface area contributed by atoms with Crippen molar-refractivity contribution >= 4 is 15.9 Å². The zero-order chi connectivity index (χ0) is 11.4. The molecule has 0 spiro atoms. The number of nitrogens with one attached hydrogen (secondary N) is 1. The van der Waals surface area contributed by atoms with Crippen LogP contribution in [0.5, 0.6) is 0 Å². The van der Waals surface area contributed by atoms with Gasteiger partial charge in [-0.15, -0.1) is 0 Å². The number of hydrogen-bond acceptors (Lipinski definition) is 1. The Morgan fingerprint density at radius 2 is 2.20 bits per heavy atom. The first-order valence-corrected chi connectivity index (χ1v) is 5.31. The second kappa shape index (κ2) is 5.37. The molecular formula is C11H12BrF2N. The topological polar surface area (TPSA) is 12.0 Å². The van der Waals surface area contributed by atoms with Gasteiger partial charge in [0.15, 0.2) is 0 Å². The first-order chi connectivity index (χ1) is 7.00. The lowest BCUT2D eigenvalue weighted by molar-refractivity contribution is 0.533. The van der Waals surface area contributed by atoms with Gasteiger partial charge in [-0.3, -0.25) is 0 Å². The van der Waals surface area contributed by atoms with Gasteiger partial charge in [-0.2, -0.15) is 0 Å². The van der Waals surface area contributed by atoms with Gasteiger partial charge in [0, 0.05) is 28.7 Å². The first kappa shape index (κ1) is 12.3. The van der Waals surface area contributed by atoms with Crippen LogP contribution in [0.3, 0.4) is 0 Å². The van der Waals surface area contributed by atoms with Crippen LogP contribution in [0.1, 0.15) is 18.5 Å². The van der Waals surface area contributed by atoms with E-state index in [-0.39, 0.29) is 6.04 Å². The zero-order valence-electron chi connectivity index (χ0n) is 8.36. The molecule has 4 heteroatoms. The fourth-order valence-electron chi connectivity index (χ4n) is 1.23. The summed E-state index contributed by atoms with van der Waals surface area (Å²) >= 11 is 3.19. The van der Waals surface area contributed by atoms with Crippen LogP contribution in [0.4, 0.5) is 8.78 Å². The Morgan fingerprint density at radius 1 is 1.53 bits per heavy atom. The number of hydrogen-bond donors (Lipinski definition) is 1. The van der Waals surface area contributed by atoms with Crippen LogP contribution in [0, 0.1) is 11.6 Å². The molecule has 15 heavy (non-hydrogen) atoms. The molecule has 0 saturated heterocycles. The summed E-state index contributed by atoms with van der Waals surface area (Å²) in [7, 11) is 0. The lowest BCUT2D eigenvalue weighted by Gasteiger charge is -2.14. The number of benzene rings is 1. The van der Waals surface area contributed by atoms with Crippen LogP contribution < -0.4 is 5.32 Å². The molecule has 0 aromatic heterocycles. The van der Waals surface area contributed by atoms with Crippen molar-refractivity contribution < 1.29 is 8.78 Å². The Bertz CT molecular complexity index is 366. The Labute approximate surface area is 96.3 Å². The van der Waals surface area contributed by atoms with E-state index in [2.05, 4.69) is 27.8 Å². The number of rotatable bonds is 4. The Morgan fingerprint density at radius 3 is 2.73 bits per heavy atom. The van der Waals surface area contributed by atoms with Crippen LogP contribution >= 0.6 is 15.9 Å². The van der Waals surface area contributed by atoms with Gasteiger partial charge in [-0.25, -0.2) is 8.78 Å². The summed E-state index contributed by atoms with van der Waals surface area (Å²) in [4.78, 5) is 0. The van der Waals surface area contributed by atoms with Gasteiger partial charge in [0.1, 0.15) is 11.6 Å². The molecule has 0 amide bonds. The molecule has 1 aromatic rings. The normalized spacial score (nSPS) is 12.5. The van der Waals surface area contributed by atoms with Gasteiger partial charge in [0.05, 0.1) is 0 Å². The Kier molecular flexibility index (Phi) is 4.42. The van der Waals surface area contributed by atoms with Crippen molar-refractivity contribution in [2.24, 2.45) is 0 Å². The molecule has 0 fully saturated rings. The minimum atomic E-state index is -0.562. The van der Waals surface area contributed by atoms with Gasteiger partial charge < -0.3 is 5.32 Å². The molecule has 1 nitrogen and oxygen atoms in total. The average Bonchev–Trinajstić information content (AvgIpc) is 2.14. The van der Waals surface area contributed by atoms with Crippen LogP contribution in [0.15, 0.2) is 29.3 Å². The van der Waals surface area contributed by atoms with E-state index in [0.717, 1.165) is 10.5 Å². The second-order valence-electron chi connectivity index (χ2n) is 3.29. The summed E-state index contributed by atoms with van der Waals surface area (Å²) < 4.78 is 26.7. The van der Waals surface area contributed by atoms with Crippen molar-refractivity contribution in [3.05, 3.63) is 46.5 Å². The molecule has 82 valence electrons. The summed E-state index contributed by atoms with van der Waals surface area (Å²) in [5.41, 5.74) is 0.449. The monoisotopic (exact) mass is 275 g/mol. The lowest BCUT2D eigenvalue weighted by Crippen LogP contribution is -2.20. The molecule has 1 atom stereocenters. The SMILES string of the molecule is C=C(Br)CNC(C)c1ccc(F)cc1F. The third-order valence-electron chi connectivity index (χ3n) is 2.03. The highest BCUT2D eigenvalue weighted by atomic mass is 79.9. The van der Waals surface area contributed by atoms with E-state index < -0.39 is 11.6 Å². The van der Waals surface area contributed by atoms with Crippen LogP contribution in [-0.2, 0) is 0 Å². The maximum absolute atomic E-state index is 13.3. The summed E-state index contributed by atoms with van der Waals surface area (Å²) in [6.45, 7) is 6.01. The zero-order valence-corrected chi connectivity index (χ0v) is 9.94. The van der Waals surface area contributed by atoms with Gasteiger partial charge in [0.25, 0.3) is 0 Å². The highest BCUT2D eigenvalue weighted by Crippen LogP contribution is 2.17. The lowest BCUT2D eigenvalue weighted by atomic mass is 10.1. The Hall–Kier alpha value is -0.740. The maximum atomic E-state index is 13.3. The highest BCUT2D eigenvalue weighted by Gasteiger charge is 2.10. The molecule has 0 bridgehead atoms. The molecule has 1 rings (SSSR count). The molecule has 0 heterocycles. The van der Waals surface area contributed by atoms with E-state index in [4.69, 9.17) is 0 Å². The predicted octanol–water partition coefficient (Wildman–Crippen LogP) is 3.52.